The molecule has 7 heteroatoms. The first-order valence-electron chi connectivity index (χ1n) is 6.54. The number of carbonyl (C=O) groups excluding carboxylic acids is 1. The highest BCUT2D eigenvalue weighted by molar-refractivity contribution is 5.95. The number of nitrogens with two attached hydrogens (primary N) is 1. The van der Waals surface area contributed by atoms with Crippen molar-refractivity contribution in [1.29, 1.82) is 0 Å². The minimum absolute atomic E-state index is 0.0413. The zero-order valence-electron chi connectivity index (χ0n) is 11.3. The van der Waals surface area contributed by atoms with Crippen LogP contribution >= 0.6 is 0 Å². The molecule has 0 aromatic heterocycles. The Balaban J connectivity index is 2.27. The van der Waals surface area contributed by atoms with E-state index in [1.165, 1.54) is 13.1 Å². The molecule has 1 atom stereocenters. The molecule has 20 heavy (non-hydrogen) atoms. The monoisotopic (exact) mass is 278 g/mol. The van der Waals surface area contributed by atoms with Gasteiger partial charge in [0.25, 0.3) is 11.6 Å². The lowest BCUT2D eigenvalue weighted by Crippen LogP contribution is -2.31. The number of anilines is 1. The van der Waals surface area contributed by atoms with Crippen LogP contribution in [0.5, 0.6) is 0 Å². The number of benzene rings is 1. The molecule has 1 amide bonds. The molecule has 0 bridgehead atoms. The first-order valence-corrected chi connectivity index (χ1v) is 6.54. The molecule has 1 aliphatic carbocycles. The zero-order valence-corrected chi connectivity index (χ0v) is 11.3. The number of amides is 1. The van der Waals surface area contributed by atoms with Crippen molar-refractivity contribution in [2.75, 3.05) is 18.9 Å². The molecular weight excluding hydrogens is 260 g/mol. The molecule has 1 aromatic carbocycles. The maximum absolute atomic E-state index is 11.5. The molecule has 0 radical (unpaired) electrons. The molecule has 1 saturated carbocycles. The highest BCUT2D eigenvalue weighted by Crippen LogP contribution is 2.35. The van der Waals surface area contributed by atoms with Gasteiger partial charge in [-0.25, -0.2) is 0 Å². The Morgan fingerprint density at radius 3 is 2.75 bits per heavy atom. The number of carbonyl (C=O) groups is 1. The van der Waals surface area contributed by atoms with Crippen molar-refractivity contribution in [1.82, 2.24) is 5.32 Å². The number of nitro groups is 1. The molecule has 108 valence electrons. The Morgan fingerprint density at radius 1 is 1.55 bits per heavy atom. The predicted molar refractivity (Wildman–Crippen MR) is 75.7 cm³/mol. The van der Waals surface area contributed by atoms with Gasteiger partial charge >= 0.3 is 0 Å². The van der Waals surface area contributed by atoms with Crippen molar-refractivity contribution >= 4 is 17.3 Å². The van der Waals surface area contributed by atoms with E-state index in [0.29, 0.717) is 18.2 Å². The number of nitrogens with one attached hydrogen (secondary N) is 2. The lowest BCUT2D eigenvalue weighted by Gasteiger charge is -2.17. The summed E-state index contributed by atoms with van der Waals surface area (Å²) < 4.78 is 0. The van der Waals surface area contributed by atoms with E-state index in [4.69, 9.17) is 5.73 Å². The molecule has 0 aliphatic heterocycles. The highest BCUT2D eigenvalue weighted by Gasteiger charge is 2.31. The average molecular weight is 278 g/mol. The zero-order chi connectivity index (χ0) is 14.7. The molecule has 1 aliphatic rings. The van der Waals surface area contributed by atoms with Gasteiger partial charge < -0.3 is 16.4 Å². The second kappa shape index (κ2) is 5.87. The Hall–Kier alpha value is -2.15. The summed E-state index contributed by atoms with van der Waals surface area (Å²) in [4.78, 5) is 22.2. The van der Waals surface area contributed by atoms with Crippen LogP contribution in [0.3, 0.4) is 0 Å². The van der Waals surface area contributed by atoms with Gasteiger partial charge in [-0.1, -0.05) is 0 Å². The van der Waals surface area contributed by atoms with Crippen LogP contribution in [-0.2, 0) is 0 Å². The van der Waals surface area contributed by atoms with E-state index >= 15 is 0 Å². The molecule has 0 saturated heterocycles. The number of nitro benzene ring substituents is 1. The van der Waals surface area contributed by atoms with Gasteiger partial charge in [0.15, 0.2) is 0 Å². The Bertz CT molecular complexity index is 528. The van der Waals surface area contributed by atoms with E-state index in [9.17, 15) is 14.9 Å². The van der Waals surface area contributed by atoms with Gasteiger partial charge in [-0.05, 0) is 30.9 Å². The van der Waals surface area contributed by atoms with Crippen LogP contribution in [0.25, 0.3) is 0 Å². The molecule has 1 unspecified atom stereocenters. The number of hydrogen-bond donors (Lipinski definition) is 3. The van der Waals surface area contributed by atoms with Gasteiger partial charge in [-0.3, -0.25) is 14.9 Å². The second-order valence-electron chi connectivity index (χ2n) is 4.89. The maximum atomic E-state index is 11.5. The van der Waals surface area contributed by atoms with Gasteiger partial charge in [0.1, 0.15) is 5.69 Å². The molecule has 0 heterocycles. The van der Waals surface area contributed by atoms with E-state index in [1.807, 2.05) is 0 Å². The molecule has 0 spiro atoms. The van der Waals surface area contributed by atoms with Crippen LogP contribution in [-0.4, -0.2) is 30.5 Å². The molecular formula is C13H18N4O3. The fraction of sp³-hybridized carbons (Fsp3) is 0.462. The molecule has 1 aromatic rings. The largest absolute Gasteiger partial charge is 0.375 e. The van der Waals surface area contributed by atoms with Gasteiger partial charge in [0.05, 0.1) is 4.92 Å². The number of hydrogen-bond acceptors (Lipinski definition) is 5. The Kier molecular flexibility index (Phi) is 4.19. The minimum Gasteiger partial charge on any atom is -0.375 e. The summed E-state index contributed by atoms with van der Waals surface area (Å²) in [5.74, 6) is 0.135. The molecule has 1 fully saturated rings. The molecule has 2 rings (SSSR count). The minimum atomic E-state index is -0.491. The normalized spacial score (nSPS) is 15.5. The summed E-state index contributed by atoms with van der Waals surface area (Å²) in [6.45, 7) is 0.430. The lowest BCUT2D eigenvalue weighted by atomic mass is 10.1. The van der Waals surface area contributed by atoms with Gasteiger partial charge in [0, 0.05) is 31.3 Å². The van der Waals surface area contributed by atoms with Crippen LogP contribution in [0, 0.1) is 16.0 Å². The van der Waals surface area contributed by atoms with E-state index in [-0.39, 0.29) is 23.2 Å². The van der Waals surface area contributed by atoms with Gasteiger partial charge in [0.2, 0.25) is 0 Å². The number of rotatable bonds is 6. The SMILES string of the molecule is CNC(=O)c1ccc(NC(CN)C2CC2)c([N+](=O)[O-])c1. The second-order valence-corrected chi connectivity index (χ2v) is 4.89. The standard InChI is InChI=1S/C13H18N4O3/c1-15-13(18)9-4-5-10(12(6-9)17(19)20)16-11(7-14)8-2-3-8/h4-6,8,11,16H,2-3,7,14H2,1H3,(H,15,18). The highest BCUT2D eigenvalue weighted by atomic mass is 16.6. The third-order valence-electron chi connectivity index (χ3n) is 3.47. The van der Waals surface area contributed by atoms with E-state index in [0.717, 1.165) is 12.8 Å². The average Bonchev–Trinajstić information content (AvgIpc) is 3.28. The van der Waals surface area contributed by atoms with Crippen LogP contribution in [0.2, 0.25) is 0 Å². The van der Waals surface area contributed by atoms with Crippen LogP contribution in [0.4, 0.5) is 11.4 Å². The van der Waals surface area contributed by atoms with Crippen molar-refractivity contribution in [2.24, 2.45) is 11.7 Å². The van der Waals surface area contributed by atoms with Gasteiger partial charge in [-0.15, -0.1) is 0 Å². The maximum Gasteiger partial charge on any atom is 0.293 e. The van der Waals surface area contributed by atoms with Crippen molar-refractivity contribution in [2.45, 2.75) is 18.9 Å². The summed E-state index contributed by atoms with van der Waals surface area (Å²) in [5.41, 5.74) is 6.26. The van der Waals surface area contributed by atoms with Crippen LogP contribution < -0.4 is 16.4 Å². The van der Waals surface area contributed by atoms with Crippen molar-refractivity contribution in [3.8, 4) is 0 Å². The third-order valence-corrected chi connectivity index (χ3v) is 3.47. The quantitative estimate of drug-likeness (QED) is 0.533. The fourth-order valence-electron chi connectivity index (χ4n) is 2.16. The van der Waals surface area contributed by atoms with E-state index < -0.39 is 4.92 Å². The van der Waals surface area contributed by atoms with E-state index in [2.05, 4.69) is 10.6 Å². The van der Waals surface area contributed by atoms with Gasteiger partial charge in [-0.2, -0.15) is 0 Å². The van der Waals surface area contributed by atoms with Crippen molar-refractivity contribution in [3.05, 3.63) is 33.9 Å². The van der Waals surface area contributed by atoms with Crippen LogP contribution in [0.1, 0.15) is 23.2 Å². The smallest absolute Gasteiger partial charge is 0.293 e. The van der Waals surface area contributed by atoms with E-state index in [1.54, 1.807) is 12.1 Å². The van der Waals surface area contributed by atoms with Crippen LogP contribution in [0.15, 0.2) is 18.2 Å². The Morgan fingerprint density at radius 2 is 2.25 bits per heavy atom. The summed E-state index contributed by atoms with van der Waals surface area (Å²) >= 11 is 0. The first-order chi connectivity index (χ1) is 9.56. The lowest BCUT2D eigenvalue weighted by molar-refractivity contribution is -0.384. The number of nitrogens with zero attached hydrogens (tertiary/aromatic N) is 1. The van der Waals surface area contributed by atoms with Crippen molar-refractivity contribution < 1.29 is 9.72 Å². The predicted octanol–water partition coefficient (Wildman–Crippen LogP) is 1.10. The summed E-state index contributed by atoms with van der Waals surface area (Å²) in [6.07, 6.45) is 2.19. The first kappa shape index (κ1) is 14.3. The summed E-state index contributed by atoms with van der Waals surface area (Å²) in [7, 11) is 1.48. The van der Waals surface area contributed by atoms with Crippen molar-refractivity contribution in [3.63, 3.8) is 0 Å². The summed E-state index contributed by atoms with van der Waals surface area (Å²) in [5, 5.41) is 16.7. The third kappa shape index (κ3) is 3.05. The Labute approximate surface area is 116 Å². The summed E-state index contributed by atoms with van der Waals surface area (Å²) in [6, 6.07) is 4.45. The molecule has 4 N–H and O–H groups in total. The fourth-order valence-corrected chi connectivity index (χ4v) is 2.16. The topological polar surface area (TPSA) is 110 Å². The molecule has 7 nitrogen and oxygen atoms in total.